The molecule has 0 aliphatic carbocycles. The van der Waals surface area contributed by atoms with Crippen LogP contribution in [-0.2, 0) is 80.8 Å². The zero-order chi connectivity index (χ0) is 63.5. The van der Waals surface area contributed by atoms with Gasteiger partial charge in [0.05, 0.1) is 40.7 Å². The standard InChI is InChI=1S/C47H36N6O25S8/c54-45(48-31-9-3-11-33(19-31)79(57,58)52-39-21-35(81(61,62)63)15-27-17-37(83(67,68)69)23-41(43(27)39)85(73,74)75)25-5-1-7-29(13-25)50-47(56)51-30-8-2-6-26(14-30)46(55)49-32-10-4-12-34(20-32)80(59,60)53-40-22-36(82(64,65)66)16-28-18-38(84(70,71)72)24-42(44(28)40)86(76,77)78/h1-24,52-53H,(H,48,54)(H,49,55)(H2,50,51,56)(H,61,62,63)(H,64,65,66)(H,67,68,69)(H,70,71,72)(H,73,74,75)(H,76,77,78). The molecule has 86 heavy (non-hydrogen) atoms. The van der Waals surface area contributed by atoms with Gasteiger partial charge in [0.15, 0.2) is 0 Å². The van der Waals surface area contributed by atoms with Crippen molar-refractivity contribution in [1.29, 1.82) is 0 Å². The smallest absolute Gasteiger partial charge is 0.322 e. The molecule has 0 aliphatic heterocycles. The maximum atomic E-state index is 13.8. The molecule has 12 N–H and O–H groups in total. The number of carbonyl (C=O) groups is 3. The van der Waals surface area contributed by atoms with Gasteiger partial charge in [0.25, 0.3) is 92.6 Å². The van der Waals surface area contributed by atoms with Crippen molar-refractivity contribution < 1.29 is 109 Å². The summed E-state index contributed by atoms with van der Waals surface area (Å²) in [5.74, 6) is -1.78. The molecular formula is C47H36N6O25S8. The summed E-state index contributed by atoms with van der Waals surface area (Å²) in [5.41, 5.74) is -2.49. The molecule has 4 amide bonds. The highest BCUT2D eigenvalue weighted by Crippen LogP contribution is 2.39. The highest BCUT2D eigenvalue weighted by molar-refractivity contribution is 7.93. The zero-order valence-electron chi connectivity index (χ0n) is 42.1. The van der Waals surface area contributed by atoms with Crippen LogP contribution in [0.25, 0.3) is 21.5 Å². The minimum atomic E-state index is -5.47. The molecule has 39 heteroatoms. The van der Waals surface area contributed by atoms with Crippen molar-refractivity contribution in [3.8, 4) is 0 Å². The molecule has 8 aromatic carbocycles. The third-order valence-electron chi connectivity index (χ3n) is 11.7. The van der Waals surface area contributed by atoms with E-state index >= 15 is 0 Å². The summed E-state index contributed by atoms with van der Waals surface area (Å²) >= 11 is 0. The number of carbonyl (C=O) groups excluding carboxylic acids is 3. The van der Waals surface area contributed by atoms with Crippen LogP contribution in [0.15, 0.2) is 185 Å². The third-order valence-corrected chi connectivity index (χ3v) is 19.5. The van der Waals surface area contributed by atoms with E-state index in [-0.39, 0.29) is 46.0 Å². The Kier molecular flexibility index (Phi) is 16.8. The average Bonchev–Trinajstić information content (AvgIpc) is 0.846. The zero-order valence-corrected chi connectivity index (χ0v) is 48.6. The Balaban J connectivity index is 0.952. The molecule has 8 rings (SSSR count). The topological polar surface area (TPSA) is 518 Å². The fourth-order valence-corrected chi connectivity index (χ4v) is 14.1. The quantitative estimate of drug-likeness (QED) is 0.0490. The second kappa shape index (κ2) is 22.7. The van der Waals surface area contributed by atoms with Crippen molar-refractivity contribution in [2.24, 2.45) is 0 Å². The predicted octanol–water partition coefficient (Wildman–Crippen LogP) is 5.22. The molecule has 0 fully saturated rings. The Hall–Kier alpha value is -8.55. The molecule has 0 atom stereocenters. The van der Waals surface area contributed by atoms with Gasteiger partial charge in [0, 0.05) is 44.6 Å². The van der Waals surface area contributed by atoms with Crippen molar-refractivity contribution in [2.45, 2.75) is 39.2 Å². The van der Waals surface area contributed by atoms with Gasteiger partial charge in [-0.25, -0.2) is 21.6 Å². The van der Waals surface area contributed by atoms with E-state index in [1.165, 1.54) is 60.7 Å². The van der Waals surface area contributed by atoms with E-state index in [0.29, 0.717) is 36.4 Å². The number of hydrogen-bond donors (Lipinski definition) is 12. The van der Waals surface area contributed by atoms with E-state index in [1.54, 1.807) is 0 Å². The lowest BCUT2D eigenvalue weighted by Gasteiger charge is -2.16. The number of anilines is 6. The number of hydrogen-bond acceptors (Lipinski definition) is 19. The van der Waals surface area contributed by atoms with Gasteiger partial charge in [0.2, 0.25) is 0 Å². The molecule has 0 aromatic heterocycles. The van der Waals surface area contributed by atoms with Crippen LogP contribution in [-0.4, -0.2) is 113 Å². The number of rotatable bonds is 18. The minimum absolute atomic E-state index is 0.00528. The molecule has 452 valence electrons. The molecule has 31 nitrogen and oxygen atoms in total. The van der Waals surface area contributed by atoms with Gasteiger partial charge < -0.3 is 21.3 Å². The van der Waals surface area contributed by atoms with E-state index < -0.39 is 171 Å². The van der Waals surface area contributed by atoms with Crippen molar-refractivity contribution in [1.82, 2.24) is 0 Å². The Morgan fingerprint density at radius 3 is 0.895 bits per heavy atom. The van der Waals surface area contributed by atoms with Crippen LogP contribution < -0.4 is 30.7 Å². The number of sulfonamides is 2. The fraction of sp³-hybridized carbons (Fsp3) is 0. The summed E-state index contributed by atoms with van der Waals surface area (Å²) in [5, 5.41) is 6.76. The van der Waals surface area contributed by atoms with Crippen LogP contribution in [0.3, 0.4) is 0 Å². The molecule has 0 heterocycles. The second-order valence-electron chi connectivity index (χ2n) is 17.7. The van der Waals surface area contributed by atoms with Crippen molar-refractivity contribution in [3.63, 3.8) is 0 Å². The van der Waals surface area contributed by atoms with E-state index in [9.17, 15) is 109 Å². The number of benzene rings is 8. The van der Waals surface area contributed by atoms with Crippen LogP contribution in [0, 0.1) is 0 Å². The molecule has 0 bridgehead atoms. The van der Waals surface area contributed by atoms with E-state index in [1.807, 2.05) is 9.44 Å². The van der Waals surface area contributed by atoms with Gasteiger partial charge in [-0.2, -0.15) is 50.5 Å². The lowest BCUT2D eigenvalue weighted by atomic mass is 10.1. The summed E-state index contributed by atoms with van der Waals surface area (Å²) < 4.78 is 264. The van der Waals surface area contributed by atoms with E-state index in [4.69, 9.17) is 0 Å². The lowest BCUT2D eigenvalue weighted by molar-refractivity contribution is 0.101. The Bertz CT molecular complexity index is 4890. The predicted molar refractivity (Wildman–Crippen MR) is 303 cm³/mol. The SMILES string of the molecule is O=C(Nc1cccc(C(=O)Nc2cccc(S(=O)(=O)Nc3cc(S(=O)(=O)O)cc4cc(S(=O)(=O)O)cc(S(=O)(=O)O)c34)c2)c1)Nc1cccc(C(=O)Nc2cccc(S(=O)(=O)Nc3cc(S(=O)(=O)O)cc4cc(S(=O)(=O)O)cc(S(=O)(=O)O)c34)c2)c1. The van der Waals surface area contributed by atoms with Gasteiger partial charge in [-0.15, -0.1) is 0 Å². The first-order valence-electron chi connectivity index (χ1n) is 22.8. The van der Waals surface area contributed by atoms with Crippen LogP contribution >= 0.6 is 0 Å². The van der Waals surface area contributed by atoms with Gasteiger partial charge in [-0.1, -0.05) is 24.3 Å². The van der Waals surface area contributed by atoms with Gasteiger partial charge in [-0.05, 0) is 132 Å². The molecule has 0 unspecified atom stereocenters. The number of fused-ring (bicyclic) bond motifs is 2. The molecule has 0 radical (unpaired) electrons. The average molecular weight is 1340 g/mol. The monoisotopic (exact) mass is 1340 g/mol. The first-order chi connectivity index (χ1) is 39.6. The molecule has 0 saturated heterocycles. The highest BCUT2D eigenvalue weighted by Gasteiger charge is 2.30. The summed E-state index contributed by atoms with van der Waals surface area (Å²) in [6.45, 7) is 0. The number of urea groups is 1. The molecule has 0 aliphatic rings. The summed E-state index contributed by atoms with van der Waals surface area (Å²) in [6, 6.07) is 21.5. The maximum absolute atomic E-state index is 13.8. The third kappa shape index (κ3) is 14.6. The Labute approximate surface area is 486 Å². The lowest BCUT2D eigenvalue weighted by Crippen LogP contribution is -2.20. The summed E-state index contributed by atoms with van der Waals surface area (Å²) in [7, 11) is -41.9. The highest BCUT2D eigenvalue weighted by atomic mass is 32.2. The normalized spacial score (nSPS) is 12.7. The van der Waals surface area contributed by atoms with Gasteiger partial charge in [0.1, 0.15) is 9.79 Å². The first kappa shape index (κ1) is 63.5. The summed E-state index contributed by atoms with van der Waals surface area (Å²) in [4.78, 5) is 31.6. The number of nitrogens with one attached hydrogen (secondary N) is 6. The molecule has 0 spiro atoms. The largest absolute Gasteiger partial charge is 0.323 e. The Morgan fingerprint density at radius 2 is 0.593 bits per heavy atom. The Morgan fingerprint density at radius 1 is 0.302 bits per heavy atom. The van der Waals surface area contributed by atoms with Crippen molar-refractivity contribution in [2.75, 3.05) is 30.7 Å². The van der Waals surface area contributed by atoms with Gasteiger partial charge in [-0.3, -0.25) is 46.3 Å². The van der Waals surface area contributed by atoms with Crippen LogP contribution in [0.4, 0.5) is 38.9 Å². The molecule has 8 aromatic rings. The minimum Gasteiger partial charge on any atom is -0.322 e. The van der Waals surface area contributed by atoms with Crippen LogP contribution in [0.2, 0.25) is 0 Å². The van der Waals surface area contributed by atoms with Crippen LogP contribution in [0.1, 0.15) is 20.7 Å². The van der Waals surface area contributed by atoms with Gasteiger partial charge >= 0.3 is 6.03 Å². The fourth-order valence-electron chi connectivity index (χ4n) is 8.07. The molecule has 0 saturated carbocycles. The van der Waals surface area contributed by atoms with E-state index in [0.717, 1.165) is 36.4 Å². The number of amides is 4. The summed E-state index contributed by atoms with van der Waals surface area (Å²) in [6.07, 6.45) is 0. The second-order valence-corrected chi connectivity index (χ2v) is 29.6. The maximum Gasteiger partial charge on any atom is 0.323 e. The van der Waals surface area contributed by atoms with Crippen LogP contribution in [0.5, 0.6) is 0 Å². The first-order valence-corrected chi connectivity index (χ1v) is 34.4. The molecular weight excluding hydrogens is 1310 g/mol. The van der Waals surface area contributed by atoms with E-state index in [2.05, 4.69) is 21.3 Å². The van der Waals surface area contributed by atoms with Crippen molar-refractivity contribution in [3.05, 3.63) is 157 Å². The van der Waals surface area contributed by atoms with Crippen molar-refractivity contribution >= 4 is 154 Å².